The molecular formula is C14H8F2N2OS2. The summed E-state index contributed by atoms with van der Waals surface area (Å²) in [6.45, 7) is 0. The third-order valence-corrected chi connectivity index (χ3v) is 4.12. The molecule has 3 rings (SSSR count). The Balaban J connectivity index is 1.90. The van der Waals surface area contributed by atoms with Crippen LogP contribution in [0.2, 0.25) is 0 Å². The summed E-state index contributed by atoms with van der Waals surface area (Å²) in [5.74, 6) is -2.05. The first-order valence-electron chi connectivity index (χ1n) is 5.92. The van der Waals surface area contributed by atoms with Gasteiger partial charge in [0.05, 0.1) is 0 Å². The van der Waals surface area contributed by atoms with E-state index in [4.69, 9.17) is 12.2 Å². The van der Waals surface area contributed by atoms with Crippen molar-refractivity contribution < 1.29 is 13.6 Å². The SMILES string of the molecule is O=C1NC(=S)NC1=Cc1ccc(-c2ccc(F)c(F)c2)s1. The van der Waals surface area contributed by atoms with Gasteiger partial charge in [-0.15, -0.1) is 11.3 Å². The smallest absolute Gasteiger partial charge is 0.273 e. The predicted octanol–water partition coefficient (Wildman–Crippen LogP) is 3.04. The minimum Gasteiger partial charge on any atom is -0.328 e. The van der Waals surface area contributed by atoms with Crippen molar-refractivity contribution in [3.05, 3.63) is 52.5 Å². The fourth-order valence-electron chi connectivity index (χ4n) is 1.86. The lowest BCUT2D eigenvalue weighted by Gasteiger charge is -1.98. The van der Waals surface area contributed by atoms with Crippen LogP contribution in [-0.2, 0) is 4.79 Å². The Labute approximate surface area is 128 Å². The van der Waals surface area contributed by atoms with E-state index >= 15 is 0 Å². The third-order valence-electron chi connectivity index (χ3n) is 2.84. The fraction of sp³-hybridized carbons (Fsp3) is 0. The highest BCUT2D eigenvalue weighted by atomic mass is 32.1. The molecule has 21 heavy (non-hydrogen) atoms. The van der Waals surface area contributed by atoms with Gasteiger partial charge in [0.1, 0.15) is 5.70 Å². The molecule has 3 nitrogen and oxygen atoms in total. The maximum Gasteiger partial charge on any atom is 0.273 e. The van der Waals surface area contributed by atoms with Crippen molar-refractivity contribution >= 4 is 40.7 Å². The number of halogens is 2. The van der Waals surface area contributed by atoms with E-state index in [1.807, 2.05) is 0 Å². The van der Waals surface area contributed by atoms with E-state index in [-0.39, 0.29) is 11.0 Å². The molecule has 7 heteroatoms. The van der Waals surface area contributed by atoms with E-state index in [1.165, 1.54) is 17.4 Å². The molecule has 0 bridgehead atoms. The highest BCUT2D eigenvalue weighted by molar-refractivity contribution is 7.80. The summed E-state index contributed by atoms with van der Waals surface area (Å²) in [5.41, 5.74) is 0.946. The van der Waals surface area contributed by atoms with E-state index in [2.05, 4.69) is 10.6 Å². The average molecular weight is 322 g/mol. The van der Waals surface area contributed by atoms with Crippen LogP contribution in [0, 0.1) is 11.6 Å². The Morgan fingerprint density at radius 1 is 1.10 bits per heavy atom. The molecular weight excluding hydrogens is 314 g/mol. The number of hydrogen-bond acceptors (Lipinski definition) is 3. The van der Waals surface area contributed by atoms with Gasteiger partial charge < -0.3 is 5.32 Å². The van der Waals surface area contributed by atoms with Gasteiger partial charge in [-0.05, 0) is 48.1 Å². The molecule has 1 aliphatic rings. The van der Waals surface area contributed by atoms with Crippen LogP contribution in [-0.4, -0.2) is 11.0 Å². The van der Waals surface area contributed by atoms with Crippen LogP contribution < -0.4 is 10.6 Å². The molecule has 1 aliphatic heterocycles. The predicted molar refractivity (Wildman–Crippen MR) is 81.5 cm³/mol. The van der Waals surface area contributed by atoms with Gasteiger partial charge in [-0.3, -0.25) is 10.1 Å². The number of nitrogens with one attached hydrogen (secondary N) is 2. The van der Waals surface area contributed by atoms with Gasteiger partial charge >= 0.3 is 0 Å². The Morgan fingerprint density at radius 2 is 1.90 bits per heavy atom. The molecule has 0 saturated carbocycles. The molecule has 0 spiro atoms. The maximum absolute atomic E-state index is 13.2. The number of benzene rings is 1. The number of thiocarbonyl (C=S) groups is 1. The van der Waals surface area contributed by atoms with Crippen LogP contribution in [0.4, 0.5) is 8.78 Å². The molecule has 1 aromatic carbocycles. The minimum absolute atomic E-state index is 0.267. The van der Waals surface area contributed by atoms with Crippen LogP contribution >= 0.6 is 23.6 Å². The first-order valence-corrected chi connectivity index (χ1v) is 7.15. The highest BCUT2D eigenvalue weighted by Gasteiger charge is 2.20. The van der Waals surface area contributed by atoms with Crippen molar-refractivity contribution in [1.29, 1.82) is 0 Å². The molecule has 1 amide bonds. The van der Waals surface area contributed by atoms with Gasteiger partial charge in [-0.2, -0.15) is 0 Å². The molecule has 2 aromatic rings. The summed E-state index contributed by atoms with van der Waals surface area (Å²) in [5, 5.41) is 5.48. The molecule has 1 saturated heterocycles. The Morgan fingerprint density at radius 3 is 2.57 bits per heavy atom. The average Bonchev–Trinajstić information content (AvgIpc) is 3.01. The normalized spacial score (nSPS) is 16.2. The summed E-state index contributed by atoms with van der Waals surface area (Å²) < 4.78 is 26.2. The van der Waals surface area contributed by atoms with E-state index in [0.29, 0.717) is 11.3 Å². The number of carbonyl (C=O) groups is 1. The van der Waals surface area contributed by atoms with Crippen molar-refractivity contribution in [2.45, 2.75) is 0 Å². The molecule has 2 heterocycles. The van der Waals surface area contributed by atoms with Crippen molar-refractivity contribution in [3.8, 4) is 10.4 Å². The van der Waals surface area contributed by atoms with Crippen LogP contribution in [0.1, 0.15) is 4.88 Å². The molecule has 106 valence electrons. The topological polar surface area (TPSA) is 41.1 Å². The number of carbonyl (C=O) groups excluding carboxylic acids is 1. The number of hydrogen-bond donors (Lipinski definition) is 2. The zero-order valence-corrected chi connectivity index (χ0v) is 12.1. The highest BCUT2D eigenvalue weighted by Crippen LogP contribution is 2.30. The standard InChI is InChI=1S/C14H8F2N2OS2/c15-9-3-1-7(5-10(9)16)12-4-2-8(21-12)6-11-13(19)18-14(20)17-11/h1-6H,(H2,17,18,19,20). The van der Waals surface area contributed by atoms with E-state index < -0.39 is 11.6 Å². The van der Waals surface area contributed by atoms with Gasteiger partial charge in [-0.1, -0.05) is 6.07 Å². The van der Waals surface area contributed by atoms with E-state index in [1.54, 1.807) is 18.2 Å². The third kappa shape index (κ3) is 2.84. The minimum atomic E-state index is -0.886. The first kappa shape index (κ1) is 13.8. The second kappa shape index (κ2) is 5.34. The van der Waals surface area contributed by atoms with Crippen LogP contribution in [0.25, 0.3) is 16.5 Å². The van der Waals surface area contributed by atoms with Gasteiger partial charge in [0.25, 0.3) is 5.91 Å². The molecule has 0 radical (unpaired) electrons. The van der Waals surface area contributed by atoms with Gasteiger partial charge in [-0.25, -0.2) is 8.78 Å². The second-order valence-electron chi connectivity index (χ2n) is 4.30. The Bertz CT molecular complexity index is 783. The number of thiophene rings is 1. The lowest BCUT2D eigenvalue weighted by Crippen LogP contribution is -2.21. The Hall–Kier alpha value is -2.12. The van der Waals surface area contributed by atoms with Gasteiger partial charge in [0.2, 0.25) is 0 Å². The molecule has 1 aromatic heterocycles. The van der Waals surface area contributed by atoms with Crippen molar-refractivity contribution in [2.75, 3.05) is 0 Å². The largest absolute Gasteiger partial charge is 0.328 e. The second-order valence-corrected chi connectivity index (χ2v) is 5.82. The lowest BCUT2D eigenvalue weighted by molar-refractivity contribution is -0.115. The summed E-state index contributed by atoms with van der Waals surface area (Å²) in [7, 11) is 0. The van der Waals surface area contributed by atoms with Crippen LogP contribution in [0.3, 0.4) is 0 Å². The summed E-state index contributed by atoms with van der Waals surface area (Å²) in [6.07, 6.45) is 1.66. The Kier molecular flexibility index (Phi) is 3.52. The van der Waals surface area contributed by atoms with Gasteiger partial charge in [0.15, 0.2) is 16.7 Å². The summed E-state index contributed by atoms with van der Waals surface area (Å²) in [6, 6.07) is 7.33. The zero-order chi connectivity index (χ0) is 15.0. The zero-order valence-electron chi connectivity index (χ0n) is 10.4. The molecule has 0 aliphatic carbocycles. The van der Waals surface area contributed by atoms with E-state index in [9.17, 15) is 13.6 Å². The monoisotopic (exact) mass is 322 g/mol. The summed E-state index contributed by atoms with van der Waals surface area (Å²) >= 11 is 6.20. The quantitative estimate of drug-likeness (QED) is 0.660. The van der Waals surface area contributed by atoms with Crippen LogP contribution in [0.5, 0.6) is 0 Å². The molecule has 0 unspecified atom stereocenters. The van der Waals surface area contributed by atoms with Crippen LogP contribution in [0.15, 0.2) is 36.0 Å². The number of rotatable bonds is 2. The molecule has 1 fully saturated rings. The molecule has 0 atom stereocenters. The van der Waals surface area contributed by atoms with Crippen molar-refractivity contribution in [1.82, 2.24) is 10.6 Å². The fourth-order valence-corrected chi connectivity index (χ4v) is 3.01. The maximum atomic E-state index is 13.2. The summed E-state index contributed by atoms with van der Waals surface area (Å²) in [4.78, 5) is 13.1. The van der Waals surface area contributed by atoms with Crippen molar-refractivity contribution in [2.24, 2.45) is 0 Å². The van der Waals surface area contributed by atoms with Gasteiger partial charge in [0, 0.05) is 9.75 Å². The first-order chi connectivity index (χ1) is 10.0. The van der Waals surface area contributed by atoms with E-state index in [0.717, 1.165) is 21.9 Å². The van der Waals surface area contributed by atoms with Crippen molar-refractivity contribution in [3.63, 3.8) is 0 Å². The number of amides is 1. The molecule has 2 N–H and O–H groups in total. The lowest BCUT2D eigenvalue weighted by atomic mass is 10.2.